The van der Waals surface area contributed by atoms with Gasteiger partial charge in [0.1, 0.15) is 23.0 Å². The number of ether oxygens (including phenoxy) is 1. The Morgan fingerprint density at radius 2 is 1.76 bits per heavy atom. The van der Waals surface area contributed by atoms with Crippen molar-refractivity contribution < 1.29 is 18.7 Å². The van der Waals surface area contributed by atoms with Gasteiger partial charge in [0.25, 0.3) is 0 Å². The van der Waals surface area contributed by atoms with Crippen LogP contribution in [0.3, 0.4) is 0 Å². The summed E-state index contributed by atoms with van der Waals surface area (Å²) in [7, 11) is 0. The van der Waals surface area contributed by atoms with Crippen molar-refractivity contribution in [2.45, 2.75) is 20.5 Å². The van der Waals surface area contributed by atoms with Crippen LogP contribution in [-0.2, 0) is 16.1 Å². The average Bonchev–Trinajstić information content (AvgIpc) is 3.10. The first kappa shape index (κ1) is 20.5. The van der Waals surface area contributed by atoms with E-state index in [2.05, 4.69) is 5.32 Å². The van der Waals surface area contributed by atoms with Gasteiger partial charge in [-0.1, -0.05) is 48.0 Å². The first-order valence-electron chi connectivity index (χ1n) is 8.98. The predicted octanol–water partition coefficient (Wildman–Crippen LogP) is 5.82. The summed E-state index contributed by atoms with van der Waals surface area (Å²) in [5.41, 5.74) is 3.36. The Hall–Kier alpha value is -3.25. The molecule has 0 radical (unpaired) electrons. The number of anilines is 1. The molecule has 2 aromatic carbocycles. The number of halogens is 1. The van der Waals surface area contributed by atoms with Crippen molar-refractivity contribution in [1.29, 1.82) is 0 Å². The lowest BCUT2D eigenvalue weighted by Gasteiger charge is -2.09. The van der Waals surface area contributed by atoms with Crippen LogP contribution in [-0.4, -0.2) is 11.9 Å². The van der Waals surface area contributed by atoms with Crippen LogP contribution in [0.1, 0.15) is 29.8 Å². The summed E-state index contributed by atoms with van der Waals surface area (Å²) in [5, 5.41) is 5.02. The molecule has 1 amide bonds. The van der Waals surface area contributed by atoms with Crippen LogP contribution in [0.4, 0.5) is 9.39 Å². The fourth-order valence-corrected chi connectivity index (χ4v) is 3.65. The van der Waals surface area contributed by atoms with E-state index in [1.165, 1.54) is 29.5 Å². The van der Waals surface area contributed by atoms with Crippen LogP contribution in [0.15, 0.2) is 71.6 Å². The number of nitrogens with one attached hydrogen (secondary N) is 1. The quantitative estimate of drug-likeness (QED) is 0.412. The van der Waals surface area contributed by atoms with Crippen molar-refractivity contribution in [2.24, 2.45) is 0 Å². The zero-order chi connectivity index (χ0) is 20.8. The smallest absolute Gasteiger partial charge is 0.342 e. The van der Waals surface area contributed by atoms with Crippen molar-refractivity contribution in [3.8, 4) is 11.1 Å². The van der Waals surface area contributed by atoms with Gasteiger partial charge in [0.15, 0.2) is 0 Å². The number of hydrogen-bond acceptors (Lipinski definition) is 4. The molecule has 0 aliphatic heterocycles. The molecule has 0 aliphatic carbocycles. The average molecular weight is 409 g/mol. The number of carbonyl (C=O) groups is 2. The van der Waals surface area contributed by atoms with Gasteiger partial charge in [-0.3, -0.25) is 4.79 Å². The Labute approximate surface area is 172 Å². The summed E-state index contributed by atoms with van der Waals surface area (Å²) in [5.74, 6) is -1.21. The first-order valence-corrected chi connectivity index (χ1v) is 9.86. The number of allylic oxidation sites excluding steroid dienone is 1. The third-order valence-corrected chi connectivity index (χ3v) is 4.92. The molecular formula is C23H20FNO3S. The highest BCUT2D eigenvalue weighted by Crippen LogP contribution is 2.36. The summed E-state index contributed by atoms with van der Waals surface area (Å²) in [6, 6.07) is 15.2. The minimum atomic E-state index is -0.554. The van der Waals surface area contributed by atoms with Crippen LogP contribution < -0.4 is 5.32 Å². The highest BCUT2D eigenvalue weighted by molar-refractivity contribution is 7.15. The SMILES string of the molecule is CC(C)=CC(=O)Nc1scc(-c2ccccc2)c1C(=O)OCc1ccc(F)cc1. The summed E-state index contributed by atoms with van der Waals surface area (Å²) in [4.78, 5) is 25.1. The highest BCUT2D eigenvalue weighted by Gasteiger charge is 2.22. The molecule has 0 fully saturated rings. The molecule has 0 saturated heterocycles. The van der Waals surface area contributed by atoms with Gasteiger partial charge in [-0.2, -0.15) is 0 Å². The van der Waals surface area contributed by atoms with Crippen molar-refractivity contribution in [2.75, 3.05) is 5.32 Å². The van der Waals surface area contributed by atoms with Gasteiger partial charge in [-0.05, 0) is 37.1 Å². The Morgan fingerprint density at radius 1 is 1.07 bits per heavy atom. The van der Waals surface area contributed by atoms with Crippen molar-refractivity contribution in [1.82, 2.24) is 0 Å². The predicted molar refractivity (Wildman–Crippen MR) is 113 cm³/mol. The second-order valence-electron chi connectivity index (χ2n) is 6.63. The number of thiophene rings is 1. The van der Waals surface area contributed by atoms with Crippen LogP contribution in [0.25, 0.3) is 11.1 Å². The van der Waals surface area contributed by atoms with E-state index in [1.807, 2.05) is 49.6 Å². The molecule has 0 saturated carbocycles. The normalized spacial score (nSPS) is 10.3. The van der Waals surface area contributed by atoms with Crippen LogP contribution in [0, 0.1) is 5.82 Å². The minimum absolute atomic E-state index is 0.00451. The maximum absolute atomic E-state index is 13.1. The van der Waals surface area contributed by atoms with E-state index in [0.717, 1.165) is 11.1 Å². The van der Waals surface area contributed by atoms with Crippen LogP contribution in [0.5, 0.6) is 0 Å². The maximum Gasteiger partial charge on any atom is 0.342 e. The lowest BCUT2D eigenvalue weighted by molar-refractivity contribution is -0.111. The molecule has 1 N–H and O–H groups in total. The number of esters is 1. The van der Waals surface area contributed by atoms with Gasteiger partial charge >= 0.3 is 5.97 Å². The van der Waals surface area contributed by atoms with Gasteiger partial charge in [-0.25, -0.2) is 9.18 Å². The zero-order valence-electron chi connectivity index (χ0n) is 16.1. The van der Waals surface area contributed by atoms with Crippen LogP contribution in [0.2, 0.25) is 0 Å². The van der Waals surface area contributed by atoms with Gasteiger partial charge in [0.2, 0.25) is 5.91 Å². The molecule has 0 atom stereocenters. The molecular weight excluding hydrogens is 389 g/mol. The van der Waals surface area contributed by atoms with E-state index in [1.54, 1.807) is 12.1 Å². The minimum Gasteiger partial charge on any atom is -0.457 e. The summed E-state index contributed by atoms with van der Waals surface area (Å²) < 4.78 is 18.5. The molecule has 29 heavy (non-hydrogen) atoms. The molecule has 0 aliphatic rings. The highest BCUT2D eigenvalue weighted by atomic mass is 32.1. The number of hydrogen-bond donors (Lipinski definition) is 1. The van der Waals surface area contributed by atoms with E-state index >= 15 is 0 Å². The Kier molecular flexibility index (Phi) is 6.57. The van der Waals surface area contributed by atoms with Gasteiger partial charge in [0, 0.05) is 17.0 Å². The molecule has 148 valence electrons. The van der Waals surface area contributed by atoms with E-state index in [4.69, 9.17) is 4.74 Å². The van der Waals surface area contributed by atoms with Crippen LogP contribution >= 0.6 is 11.3 Å². The second kappa shape index (κ2) is 9.30. The van der Waals surface area contributed by atoms with Gasteiger partial charge < -0.3 is 10.1 Å². The number of amides is 1. The lowest BCUT2D eigenvalue weighted by atomic mass is 10.0. The third kappa shape index (κ3) is 5.39. The Bertz CT molecular complexity index is 1040. The summed E-state index contributed by atoms with van der Waals surface area (Å²) in [6.07, 6.45) is 1.47. The standard InChI is InChI=1S/C23H20FNO3S/c1-15(2)12-20(26)25-22-21(19(14-29-22)17-6-4-3-5-7-17)23(27)28-13-16-8-10-18(24)11-9-16/h3-12,14H,13H2,1-2H3,(H,25,26). The molecule has 4 nitrogen and oxygen atoms in total. The van der Waals surface area contributed by atoms with Crippen molar-refractivity contribution in [3.63, 3.8) is 0 Å². The number of carbonyl (C=O) groups excluding carboxylic acids is 2. The summed E-state index contributed by atoms with van der Waals surface area (Å²) in [6.45, 7) is 3.65. The largest absolute Gasteiger partial charge is 0.457 e. The topological polar surface area (TPSA) is 55.4 Å². The van der Waals surface area contributed by atoms with E-state index in [-0.39, 0.29) is 18.3 Å². The molecule has 1 heterocycles. The number of benzene rings is 2. The second-order valence-corrected chi connectivity index (χ2v) is 7.51. The monoisotopic (exact) mass is 409 g/mol. The lowest BCUT2D eigenvalue weighted by Crippen LogP contribution is -2.13. The van der Waals surface area contributed by atoms with E-state index < -0.39 is 5.97 Å². The van der Waals surface area contributed by atoms with Crippen molar-refractivity contribution >= 4 is 28.2 Å². The van der Waals surface area contributed by atoms with E-state index in [0.29, 0.717) is 21.7 Å². The Balaban J connectivity index is 1.89. The molecule has 0 unspecified atom stereocenters. The molecule has 0 bridgehead atoms. The van der Waals surface area contributed by atoms with Crippen molar-refractivity contribution in [3.05, 3.63) is 88.6 Å². The van der Waals surface area contributed by atoms with Gasteiger partial charge in [0.05, 0.1) is 0 Å². The maximum atomic E-state index is 13.1. The first-order chi connectivity index (χ1) is 13.9. The zero-order valence-corrected chi connectivity index (χ0v) is 16.9. The van der Waals surface area contributed by atoms with Gasteiger partial charge in [-0.15, -0.1) is 11.3 Å². The number of rotatable bonds is 6. The molecule has 1 aromatic heterocycles. The third-order valence-electron chi connectivity index (χ3n) is 4.02. The summed E-state index contributed by atoms with van der Waals surface area (Å²) >= 11 is 1.27. The molecule has 6 heteroatoms. The van der Waals surface area contributed by atoms with E-state index in [9.17, 15) is 14.0 Å². The molecule has 3 rings (SSSR count). The fourth-order valence-electron chi connectivity index (χ4n) is 2.69. The molecule has 3 aromatic rings. The fraction of sp³-hybridized carbons (Fsp3) is 0.130. The molecule has 0 spiro atoms. The Morgan fingerprint density at radius 3 is 2.41 bits per heavy atom.